The van der Waals surface area contributed by atoms with E-state index in [0.717, 1.165) is 13.1 Å². The number of hydrogen-bond donors (Lipinski definition) is 1. The lowest BCUT2D eigenvalue weighted by molar-refractivity contribution is 0.0270. The SMILES string of the molecule is CC(C)(C)OC(=O)N1CC(CN)C2(CCSCC2)C1. The average molecular weight is 286 g/mol. The van der Waals surface area contributed by atoms with Crippen LogP contribution in [-0.2, 0) is 4.74 Å². The number of amides is 1. The van der Waals surface area contributed by atoms with E-state index in [1.54, 1.807) is 0 Å². The third kappa shape index (κ3) is 3.37. The summed E-state index contributed by atoms with van der Waals surface area (Å²) in [6, 6.07) is 0. The minimum absolute atomic E-state index is 0.180. The van der Waals surface area contributed by atoms with E-state index in [4.69, 9.17) is 10.5 Å². The number of nitrogens with two attached hydrogens (primary N) is 1. The molecule has 0 radical (unpaired) electrons. The molecule has 2 aliphatic heterocycles. The first-order valence-electron chi connectivity index (χ1n) is 7.12. The van der Waals surface area contributed by atoms with Crippen molar-refractivity contribution in [3.05, 3.63) is 0 Å². The van der Waals surface area contributed by atoms with Gasteiger partial charge in [-0.1, -0.05) is 0 Å². The molecule has 110 valence electrons. The predicted octanol–water partition coefficient (Wildman–Crippen LogP) is 2.33. The second kappa shape index (κ2) is 5.52. The molecule has 4 nitrogen and oxygen atoms in total. The van der Waals surface area contributed by atoms with Crippen LogP contribution in [0.25, 0.3) is 0 Å². The van der Waals surface area contributed by atoms with Crippen molar-refractivity contribution in [2.24, 2.45) is 17.1 Å². The first-order chi connectivity index (χ1) is 8.86. The quantitative estimate of drug-likeness (QED) is 0.804. The minimum atomic E-state index is -0.423. The Morgan fingerprint density at radius 2 is 2.05 bits per heavy atom. The fourth-order valence-corrected chi connectivity index (χ4v) is 4.47. The number of ether oxygens (including phenoxy) is 1. The van der Waals surface area contributed by atoms with E-state index in [-0.39, 0.29) is 11.5 Å². The van der Waals surface area contributed by atoms with Crippen LogP contribution in [0.2, 0.25) is 0 Å². The lowest BCUT2D eigenvalue weighted by Crippen LogP contribution is -2.39. The van der Waals surface area contributed by atoms with Gasteiger partial charge in [0.15, 0.2) is 0 Å². The smallest absolute Gasteiger partial charge is 0.410 e. The molecule has 5 heteroatoms. The number of thioether (sulfide) groups is 1. The number of carbonyl (C=O) groups is 1. The molecule has 2 rings (SSSR count). The Morgan fingerprint density at radius 1 is 1.42 bits per heavy atom. The van der Waals surface area contributed by atoms with Gasteiger partial charge in [-0.05, 0) is 63.0 Å². The van der Waals surface area contributed by atoms with Gasteiger partial charge in [-0.3, -0.25) is 0 Å². The molecule has 2 fully saturated rings. The molecule has 2 saturated heterocycles. The van der Waals surface area contributed by atoms with Crippen LogP contribution in [0.5, 0.6) is 0 Å². The van der Waals surface area contributed by atoms with Crippen molar-refractivity contribution in [3.63, 3.8) is 0 Å². The van der Waals surface area contributed by atoms with E-state index in [0.29, 0.717) is 12.5 Å². The monoisotopic (exact) mass is 286 g/mol. The number of hydrogen-bond acceptors (Lipinski definition) is 4. The van der Waals surface area contributed by atoms with Crippen LogP contribution in [0, 0.1) is 11.3 Å². The maximum Gasteiger partial charge on any atom is 0.410 e. The van der Waals surface area contributed by atoms with Gasteiger partial charge >= 0.3 is 6.09 Å². The Bertz CT molecular complexity index is 335. The van der Waals surface area contributed by atoms with Crippen LogP contribution in [0.15, 0.2) is 0 Å². The van der Waals surface area contributed by atoms with Crippen molar-refractivity contribution in [3.8, 4) is 0 Å². The highest BCUT2D eigenvalue weighted by Gasteiger charge is 2.48. The second-order valence-electron chi connectivity index (χ2n) is 6.77. The van der Waals surface area contributed by atoms with Crippen molar-refractivity contribution >= 4 is 17.9 Å². The van der Waals surface area contributed by atoms with Crippen molar-refractivity contribution < 1.29 is 9.53 Å². The zero-order chi connectivity index (χ0) is 14.1. The topological polar surface area (TPSA) is 55.6 Å². The first kappa shape index (κ1) is 15.0. The third-order valence-corrected chi connectivity index (χ3v) is 5.22. The summed E-state index contributed by atoms with van der Waals surface area (Å²) in [5.74, 6) is 2.82. The molecular weight excluding hydrogens is 260 g/mol. The number of carbonyl (C=O) groups excluding carboxylic acids is 1. The maximum atomic E-state index is 12.2. The van der Waals surface area contributed by atoms with Crippen LogP contribution < -0.4 is 5.73 Å². The minimum Gasteiger partial charge on any atom is -0.444 e. The number of rotatable bonds is 1. The summed E-state index contributed by atoms with van der Waals surface area (Å²) in [7, 11) is 0. The van der Waals surface area contributed by atoms with Crippen LogP contribution in [0.4, 0.5) is 4.79 Å². The Balaban J connectivity index is 2.04. The summed E-state index contributed by atoms with van der Waals surface area (Å²) in [6.07, 6.45) is 2.18. The lowest BCUT2D eigenvalue weighted by Gasteiger charge is -2.37. The Labute approximate surface area is 120 Å². The molecular formula is C14H26N2O2S. The van der Waals surface area contributed by atoms with Gasteiger partial charge in [0.25, 0.3) is 0 Å². The zero-order valence-electron chi connectivity index (χ0n) is 12.3. The summed E-state index contributed by atoms with van der Waals surface area (Å²) >= 11 is 2.01. The van der Waals surface area contributed by atoms with Gasteiger partial charge in [-0.25, -0.2) is 4.79 Å². The molecule has 2 heterocycles. The molecule has 0 aliphatic carbocycles. The van der Waals surface area contributed by atoms with Crippen molar-refractivity contribution in [2.45, 2.75) is 39.2 Å². The van der Waals surface area contributed by atoms with Crippen LogP contribution >= 0.6 is 11.8 Å². The standard InChI is InChI=1S/C14H26N2O2S/c1-13(2,3)18-12(17)16-9-11(8-15)14(10-16)4-6-19-7-5-14/h11H,4-10,15H2,1-3H3. The van der Waals surface area contributed by atoms with Crippen molar-refractivity contribution in [1.82, 2.24) is 4.90 Å². The second-order valence-corrected chi connectivity index (χ2v) is 7.99. The lowest BCUT2D eigenvalue weighted by atomic mass is 9.73. The molecule has 0 bridgehead atoms. The van der Waals surface area contributed by atoms with Crippen LogP contribution in [-0.4, -0.2) is 47.7 Å². The van der Waals surface area contributed by atoms with E-state index >= 15 is 0 Å². The van der Waals surface area contributed by atoms with E-state index in [1.165, 1.54) is 24.3 Å². The van der Waals surface area contributed by atoms with Gasteiger partial charge in [-0.2, -0.15) is 11.8 Å². The molecule has 1 spiro atoms. The Morgan fingerprint density at radius 3 is 2.58 bits per heavy atom. The van der Waals surface area contributed by atoms with Crippen molar-refractivity contribution in [2.75, 3.05) is 31.1 Å². The summed E-state index contributed by atoms with van der Waals surface area (Å²) < 4.78 is 5.49. The largest absolute Gasteiger partial charge is 0.444 e. The Hall–Kier alpha value is -0.420. The Kier molecular flexibility index (Phi) is 4.35. The van der Waals surface area contributed by atoms with E-state index in [2.05, 4.69) is 0 Å². The normalized spacial score (nSPS) is 26.7. The van der Waals surface area contributed by atoms with Gasteiger partial charge < -0.3 is 15.4 Å². The van der Waals surface area contributed by atoms with Crippen LogP contribution in [0.3, 0.4) is 0 Å². The summed E-state index contributed by atoms with van der Waals surface area (Å²) in [6.45, 7) is 7.99. The van der Waals surface area contributed by atoms with E-state index in [1.807, 2.05) is 37.4 Å². The van der Waals surface area contributed by atoms with E-state index in [9.17, 15) is 4.79 Å². The molecule has 2 N–H and O–H groups in total. The van der Waals surface area contributed by atoms with Gasteiger partial charge in [0.05, 0.1) is 0 Å². The molecule has 1 atom stereocenters. The van der Waals surface area contributed by atoms with Crippen molar-refractivity contribution in [1.29, 1.82) is 0 Å². The summed E-state index contributed by atoms with van der Waals surface area (Å²) in [5, 5.41) is 0. The fraction of sp³-hybridized carbons (Fsp3) is 0.929. The molecule has 0 aromatic heterocycles. The highest BCUT2D eigenvalue weighted by Crippen LogP contribution is 2.46. The van der Waals surface area contributed by atoms with Gasteiger partial charge in [0.2, 0.25) is 0 Å². The molecule has 2 aliphatic rings. The molecule has 1 unspecified atom stereocenters. The average Bonchev–Trinajstić information content (AvgIpc) is 2.67. The third-order valence-electron chi connectivity index (χ3n) is 4.24. The molecule has 1 amide bonds. The predicted molar refractivity (Wildman–Crippen MR) is 79.3 cm³/mol. The number of nitrogens with zero attached hydrogens (tertiary/aromatic N) is 1. The fourth-order valence-electron chi connectivity index (χ4n) is 3.17. The maximum absolute atomic E-state index is 12.2. The molecule has 19 heavy (non-hydrogen) atoms. The zero-order valence-corrected chi connectivity index (χ0v) is 13.1. The summed E-state index contributed by atoms with van der Waals surface area (Å²) in [4.78, 5) is 14.1. The molecule has 0 aromatic rings. The highest BCUT2D eigenvalue weighted by atomic mass is 32.2. The molecule has 0 aromatic carbocycles. The first-order valence-corrected chi connectivity index (χ1v) is 8.27. The summed E-state index contributed by atoms with van der Waals surface area (Å²) in [5.41, 5.74) is 5.77. The highest BCUT2D eigenvalue weighted by molar-refractivity contribution is 7.99. The van der Waals surface area contributed by atoms with Crippen LogP contribution in [0.1, 0.15) is 33.6 Å². The van der Waals surface area contributed by atoms with Gasteiger partial charge in [0.1, 0.15) is 5.60 Å². The molecule has 0 saturated carbocycles. The van der Waals surface area contributed by atoms with Gasteiger partial charge in [-0.15, -0.1) is 0 Å². The van der Waals surface area contributed by atoms with E-state index < -0.39 is 5.60 Å². The number of likely N-dealkylation sites (tertiary alicyclic amines) is 1. The van der Waals surface area contributed by atoms with Gasteiger partial charge in [0, 0.05) is 13.1 Å².